The Bertz CT molecular complexity index is 990. The highest BCUT2D eigenvalue weighted by Gasteiger charge is 2.24. The molecule has 1 aromatic carbocycles. The molecule has 1 aromatic heterocycles. The lowest BCUT2D eigenvalue weighted by Gasteiger charge is -2.16. The molecule has 0 saturated heterocycles. The topological polar surface area (TPSA) is 92.3 Å². The molecule has 0 spiro atoms. The molecule has 0 atom stereocenters. The summed E-state index contributed by atoms with van der Waals surface area (Å²) in [6.07, 6.45) is 1.45. The Hall–Kier alpha value is -3.07. The molecule has 0 unspecified atom stereocenters. The molecule has 148 valence electrons. The van der Waals surface area contributed by atoms with Crippen LogP contribution in [-0.2, 0) is 6.54 Å². The Morgan fingerprint density at radius 3 is 2.36 bits per heavy atom. The molecule has 0 aliphatic rings. The highest BCUT2D eigenvalue weighted by atomic mass is 16.5. The zero-order valence-corrected chi connectivity index (χ0v) is 17.0. The van der Waals surface area contributed by atoms with Crippen LogP contribution in [0.25, 0.3) is 0 Å². The number of rotatable bonds is 7. The van der Waals surface area contributed by atoms with E-state index in [9.17, 15) is 20.0 Å². The maximum absolute atomic E-state index is 12.8. The number of benzene rings is 1. The lowest BCUT2D eigenvalue weighted by molar-refractivity contribution is 0.0915. The van der Waals surface area contributed by atoms with Crippen molar-refractivity contribution in [2.24, 2.45) is 0 Å². The molecule has 0 aliphatic carbocycles. The van der Waals surface area contributed by atoms with Crippen LogP contribution in [0.2, 0.25) is 0 Å². The highest BCUT2D eigenvalue weighted by molar-refractivity contribution is 6.01. The average Bonchev–Trinajstić information content (AvgIpc) is 2.61. The van der Waals surface area contributed by atoms with Crippen LogP contribution in [0.1, 0.15) is 57.9 Å². The summed E-state index contributed by atoms with van der Waals surface area (Å²) in [5, 5.41) is 20.0. The van der Waals surface area contributed by atoms with Crippen LogP contribution in [0.15, 0.2) is 16.9 Å². The minimum absolute atomic E-state index is 0.0327. The van der Waals surface area contributed by atoms with Crippen LogP contribution in [0.4, 0.5) is 0 Å². The molecule has 1 N–H and O–H groups in total. The van der Waals surface area contributed by atoms with Gasteiger partial charge in [0, 0.05) is 6.54 Å². The quantitative estimate of drug-likeness (QED) is 0.737. The number of unbranched alkanes of at least 4 members (excludes halogenated alkanes) is 1. The van der Waals surface area contributed by atoms with E-state index in [0.717, 1.165) is 27.7 Å². The second kappa shape index (κ2) is 8.75. The van der Waals surface area contributed by atoms with Gasteiger partial charge in [-0.25, -0.2) is 0 Å². The van der Waals surface area contributed by atoms with Crippen LogP contribution in [0, 0.1) is 39.0 Å². The summed E-state index contributed by atoms with van der Waals surface area (Å²) in [5.74, 6) is -0.257. The SMILES string of the molecule is CCCCn1c(O)c(C(=O)COc2c(C)cc(C)cc2C)c(C)c(C#N)c1=O. The van der Waals surface area contributed by atoms with Gasteiger partial charge in [-0.05, 0) is 50.8 Å². The fourth-order valence-corrected chi connectivity index (χ4v) is 3.41. The van der Waals surface area contributed by atoms with Gasteiger partial charge in [0.15, 0.2) is 6.61 Å². The van der Waals surface area contributed by atoms with Gasteiger partial charge < -0.3 is 9.84 Å². The van der Waals surface area contributed by atoms with Crippen LogP contribution >= 0.6 is 0 Å². The minimum Gasteiger partial charge on any atom is -0.494 e. The minimum atomic E-state index is -0.575. The van der Waals surface area contributed by atoms with Gasteiger partial charge in [-0.3, -0.25) is 14.2 Å². The van der Waals surface area contributed by atoms with E-state index >= 15 is 0 Å². The first kappa shape index (κ1) is 21.2. The number of nitriles is 1. The van der Waals surface area contributed by atoms with Crippen molar-refractivity contribution in [1.82, 2.24) is 4.57 Å². The summed E-state index contributed by atoms with van der Waals surface area (Å²) < 4.78 is 6.84. The zero-order chi connectivity index (χ0) is 21.0. The van der Waals surface area contributed by atoms with Crippen molar-refractivity contribution in [2.45, 2.75) is 54.0 Å². The van der Waals surface area contributed by atoms with E-state index in [0.29, 0.717) is 12.2 Å². The van der Waals surface area contributed by atoms with Gasteiger partial charge in [0.2, 0.25) is 11.7 Å². The van der Waals surface area contributed by atoms with Gasteiger partial charge in [0.1, 0.15) is 17.4 Å². The van der Waals surface area contributed by atoms with Gasteiger partial charge in [0.25, 0.3) is 5.56 Å². The van der Waals surface area contributed by atoms with Crippen molar-refractivity contribution < 1.29 is 14.6 Å². The van der Waals surface area contributed by atoms with Crippen molar-refractivity contribution in [2.75, 3.05) is 6.61 Å². The van der Waals surface area contributed by atoms with Crippen molar-refractivity contribution in [3.8, 4) is 17.7 Å². The van der Waals surface area contributed by atoms with E-state index in [4.69, 9.17) is 4.74 Å². The van der Waals surface area contributed by atoms with Crippen LogP contribution in [0.3, 0.4) is 0 Å². The number of pyridine rings is 1. The Morgan fingerprint density at radius 2 is 1.82 bits per heavy atom. The van der Waals surface area contributed by atoms with E-state index in [2.05, 4.69) is 0 Å². The first-order chi connectivity index (χ1) is 13.2. The molecule has 6 heteroatoms. The first-order valence-corrected chi connectivity index (χ1v) is 9.33. The molecule has 0 bridgehead atoms. The maximum Gasteiger partial charge on any atom is 0.271 e. The molecule has 0 fully saturated rings. The second-order valence-corrected chi connectivity index (χ2v) is 7.06. The Kier molecular flexibility index (Phi) is 6.63. The van der Waals surface area contributed by atoms with E-state index < -0.39 is 17.2 Å². The monoisotopic (exact) mass is 382 g/mol. The smallest absolute Gasteiger partial charge is 0.271 e. The third kappa shape index (κ3) is 4.09. The molecule has 1 heterocycles. The molecule has 6 nitrogen and oxygen atoms in total. The maximum atomic E-state index is 12.8. The summed E-state index contributed by atoms with van der Waals surface area (Å²) in [4.78, 5) is 25.3. The number of aromatic nitrogens is 1. The molecule has 0 amide bonds. The third-order valence-corrected chi connectivity index (χ3v) is 4.77. The number of carbonyl (C=O) groups excluding carboxylic acids is 1. The number of ether oxygens (including phenoxy) is 1. The molecule has 0 radical (unpaired) electrons. The number of aromatic hydroxyl groups is 1. The summed E-state index contributed by atoms with van der Waals surface area (Å²) in [7, 11) is 0. The Labute approximate surface area is 165 Å². The molecular formula is C22H26N2O4. The number of ketones is 1. The summed E-state index contributed by atoms with van der Waals surface area (Å²) in [5.41, 5.74) is 2.38. The van der Waals surface area contributed by atoms with E-state index in [1.165, 1.54) is 6.92 Å². The molecule has 2 rings (SSSR count). The Balaban J connectivity index is 2.43. The van der Waals surface area contributed by atoms with Gasteiger partial charge in [0.05, 0.1) is 5.56 Å². The fraction of sp³-hybridized carbons (Fsp3) is 0.409. The van der Waals surface area contributed by atoms with Gasteiger partial charge in [-0.2, -0.15) is 5.26 Å². The number of hydrogen-bond acceptors (Lipinski definition) is 5. The summed E-state index contributed by atoms with van der Waals surface area (Å²) >= 11 is 0. The van der Waals surface area contributed by atoms with Gasteiger partial charge >= 0.3 is 0 Å². The van der Waals surface area contributed by atoms with Gasteiger partial charge in [-0.15, -0.1) is 0 Å². The summed E-state index contributed by atoms with van der Waals surface area (Å²) in [6.45, 7) is 9.19. The third-order valence-electron chi connectivity index (χ3n) is 4.77. The standard InChI is InChI=1S/C22H26N2O4/c1-6-7-8-24-21(26)17(11-23)16(5)19(22(24)27)18(25)12-28-20-14(3)9-13(2)10-15(20)4/h9-10,27H,6-8,12H2,1-5H3. The molecule has 0 saturated carbocycles. The lowest BCUT2D eigenvalue weighted by atomic mass is 10.0. The Morgan fingerprint density at radius 1 is 1.21 bits per heavy atom. The lowest BCUT2D eigenvalue weighted by Crippen LogP contribution is -2.28. The van der Waals surface area contributed by atoms with Crippen LogP contribution in [-0.4, -0.2) is 22.1 Å². The second-order valence-electron chi connectivity index (χ2n) is 7.06. The predicted octanol–water partition coefficient (Wildman–Crippen LogP) is 3.72. The molecule has 0 aliphatic heterocycles. The largest absolute Gasteiger partial charge is 0.494 e. The number of hydrogen-bond donors (Lipinski definition) is 1. The average molecular weight is 382 g/mol. The fourth-order valence-electron chi connectivity index (χ4n) is 3.41. The van der Waals surface area contributed by atoms with Crippen molar-refractivity contribution in [3.63, 3.8) is 0 Å². The number of Topliss-reactive ketones (excluding diaryl/α,β-unsaturated/α-hetero) is 1. The predicted molar refractivity (Wildman–Crippen MR) is 107 cm³/mol. The molecular weight excluding hydrogens is 356 g/mol. The van der Waals surface area contributed by atoms with Crippen LogP contribution < -0.4 is 10.3 Å². The van der Waals surface area contributed by atoms with Gasteiger partial charge in [-0.1, -0.05) is 31.0 Å². The zero-order valence-electron chi connectivity index (χ0n) is 17.0. The molecule has 28 heavy (non-hydrogen) atoms. The highest BCUT2D eigenvalue weighted by Crippen LogP contribution is 2.26. The molecule has 2 aromatic rings. The number of nitrogens with zero attached hydrogens (tertiary/aromatic N) is 2. The van der Waals surface area contributed by atoms with Crippen molar-refractivity contribution >= 4 is 5.78 Å². The summed E-state index contributed by atoms with van der Waals surface area (Å²) in [6, 6.07) is 5.80. The van der Waals surface area contributed by atoms with E-state index in [-0.39, 0.29) is 29.8 Å². The van der Waals surface area contributed by atoms with Crippen LogP contribution in [0.5, 0.6) is 11.6 Å². The van der Waals surface area contributed by atoms with E-state index in [1.807, 2.05) is 45.9 Å². The van der Waals surface area contributed by atoms with E-state index in [1.54, 1.807) is 0 Å². The van der Waals surface area contributed by atoms with Crippen molar-refractivity contribution in [1.29, 1.82) is 5.26 Å². The number of carbonyl (C=O) groups is 1. The normalized spacial score (nSPS) is 10.6. The van der Waals surface area contributed by atoms with Crippen molar-refractivity contribution in [3.05, 3.63) is 55.9 Å². The number of aryl methyl sites for hydroxylation is 3. The first-order valence-electron chi connectivity index (χ1n) is 9.33.